The van der Waals surface area contributed by atoms with E-state index >= 15 is 0 Å². The van der Waals surface area contributed by atoms with Crippen LogP contribution >= 0.6 is 11.3 Å². The van der Waals surface area contributed by atoms with Gasteiger partial charge in [0.2, 0.25) is 10.0 Å². The van der Waals surface area contributed by atoms with Crippen molar-refractivity contribution in [2.24, 2.45) is 0 Å². The summed E-state index contributed by atoms with van der Waals surface area (Å²) in [6, 6.07) is 11.2. The average molecular weight is 476 g/mol. The van der Waals surface area contributed by atoms with Crippen LogP contribution in [0.15, 0.2) is 52.7 Å². The zero-order chi connectivity index (χ0) is 22.7. The van der Waals surface area contributed by atoms with Gasteiger partial charge in [0.05, 0.1) is 22.6 Å². The van der Waals surface area contributed by atoms with Crippen LogP contribution in [0.4, 0.5) is 5.69 Å². The molecule has 0 N–H and O–H groups in total. The number of sulfonamides is 1. The largest absolute Gasteiger partial charge is 0.497 e. The molecule has 9 nitrogen and oxygen atoms in total. The summed E-state index contributed by atoms with van der Waals surface area (Å²) in [6.07, 6.45) is 1.57. The van der Waals surface area contributed by atoms with E-state index in [4.69, 9.17) is 9.47 Å². The van der Waals surface area contributed by atoms with E-state index in [0.29, 0.717) is 18.8 Å². The Hall–Kier alpha value is -3.02. The summed E-state index contributed by atoms with van der Waals surface area (Å²) in [5.41, 5.74) is 1.14. The van der Waals surface area contributed by atoms with Crippen molar-refractivity contribution in [2.75, 3.05) is 20.2 Å². The highest BCUT2D eigenvalue weighted by molar-refractivity contribution is 7.89. The van der Waals surface area contributed by atoms with Crippen LogP contribution in [0.5, 0.6) is 11.5 Å². The van der Waals surface area contributed by atoms with Crippen molar-refractivity contribution in [1.82, 2.24) is 9.29 Å². The number of nitro benzene ring substituents is 1. The first-order valence-electron chi connectivity index (χ1n) is 9.89. The zero-order valence-electron chi connectivity index (χ0n) is 17.3. The van der Waals surface area contributed by atoms with E-state index in [2.05, 4.69) is 4.98 Å². The van der Waals surface area contributed by atoms with Gasteiger partial charge < -0.3 is 9.47 Å². The van der Waals surface area contributed by atoms with Gasteiger partial charge in [-0.1, -0.05) is 0 Å². The second-order valence-electron chi connectivity index (χ2n) is 7.16. The van der Waals surface area contributed by atoms with Gasteiger partial charge in [-0.25, -0.2) is 13.4 Å². The maximum atomic E-state index is 12.7. The van der Waals surface area contributed by atoms with Gasteiger partial charge in [-0.15, -0.1) is 11.3 Å². The molecule has 3 aromatic rings. The number of nitro groups is 1. The van der Waals surface area contributed by atoms with E-state index in [1.54, 1.807) is 7.11 Å². The molecule has 11 heteroatoms. The van der Waals surface area contributed by atoms with E-state index in [9.17, 15) is 18.5 Å². The summed E-state index contributed by atoms with van der Waals surface area (Å²) in [6.45, 7) is 0.870. The minimum absolute atomic E-state index is 0.00521. The third-order valence-electron chi connectivity index (χ3n) is 5.09. The highest BCUT2D eigenvalue weighted by Crippen LogP contribution is 2.33. The lowest BCUT2D eigenvalue weighted by Gasteiger charge is -2.15. The SMILES string of the molecule is COc1ccc(-c2nc(COc3ccc(S(=O)(=O)N4CCCC4)cc3[N+](=O)[O-])cs2)cc1. The maximum Gasteiger partial charge on any atom is 0.312 e. The molecule has 0 unspecified atom stereocenters. The molecule has 1 saturated heterocycles. The topological polar surface area (TPSA) is 112 Å². The fourth-order valence-corrected chi connectivity index (χ4v) is 5.74. The Morgan fingerprint density at radius 1 is 1.16 bits per heavy atom. The molecule has 168 valence electrons. The number of hydrogen-bond donors (Lipinski definition) is 0. The molecule has 0 radical (unpaired) electrons. The predicted octanol–water partition coefficient (Wildman–Crippen LogP) is 4.09. The Morgan fingerprint density at radius 2 is 1.88 bits per heavy atom. The second-order valence-corrected chi connectivity index (χ2v) is 9.96. The van der Waals surface area contributed by atoms with Gasteiger partial charge >= 0.3 is 5.69 Å². The number of benzene rings is 2. The molecule has 4 rings (SSSR count). The van der Waals surface area contributed by atoms with E-state index in [1.807, 2.05) is 29.6 Å². The van der Waals surface area contributed by atoms with Crippen LogP contribution in [-0.2, 0) is 16.6 Å². The van der Waals surface area contributed by atoms with Crippen molar-refractivity contribution >= 4 is 27.0 Å². The van der Waals surface area contributed by atoms with Crippen molar-refractivity contribution in [3.05, 3.63) is 63.7 Å². The Kier molecular flexibility index (Phi) is 6.40. The minimum atomic E-state index is -3.76. The average Bonchev–Trinajstić information content (AvgIpc) is 3.50. The highest BCUT2D eigenvalue weighted by Gasteiger charge is 2.29. The first-order valence-corrected chi connectivity index (χ1v) is 12.2. The summed E-state index contributed by atoms with van der Waals surface area (Å²) < 4.78 is 37.6. The Bertz CT molecular complexity index is 1220. The van der Waals surface area contributed by atoms with Gasteiger partial charge in [-0.3, -0.25) is 10.1 Å². The number of aromatic nitrogens is 1. The molecule has 1 fully saturated rings. The van der Waals surface area contributed by atoms with Crippen LogP contribution in [0, 0.1) is 10.1 Å². The van der Waals surface area contributed by atoms with Gasteiger partial charge in [-0.2, -0.15) is 4.31 Å². The van der Waals surface area contributed by atoms with Crippen LogP contribution in [-0.4, -0.2) is 42.8 Å². The smallest absolute Gasteiger partial charge is 0.312 e. The molecule has 0 saturated carbocycles. The lowest BCUT2D eigenvalue weighted by molar-refractivity contribution is -0.386. The molecule has 2 heterocycles. The van der Waals surface area contributed by atoms with Gasteiger partial charge in [0.15, 0.2) is 5.75 Å². The molecule has 0 amide bonds. The fourth-order valence-electron chi connectivity index (χ4n) is 3.39. The first kappa shape index (κ1) is 22.2. The molecule has 0 atom stereocenters. The number of ether oxygens (including phenoxy) is 2. The molecule has 0 spiro atoms. The minimum Gasteiger partial charge on any atom is -0.497 e. The lowest BCUT2D eigenvalue weighted by Crippen LogP contribution is -2.27. The molecule has 32 heavy (non-hydrogen) atoms. The molecular weight excluding hydrogens is 454 g/mol. The molecule has 2 aromatic carbocycles. The number of rotatable bonds is 8. The van der Waals surface area contributed by atoms with E-state index in [0.717, 1.165) is 35.2 Å². The molecule has 1 aliphatic rings. The maximum absolute atomic E-state index is 12.7. The predicted molar refractivity (Wildman–Crippen MR) is 120 cm³/mol. The molecule has 1 aromatic heterocycles. The number of thiazole rings is 1. The lowest BCUT2D eigenvalue weighted by atomic mass is 10.2. The van der Waals surface area contributed by atoms with Gasteiger partial charge in [0, 0.05) is 30.1 Å². The van der Waals surface area contributed by atoms with Gasteiger partial charge in [0.1, 0.15) is 17.4 Å². The quantitative estimate of drug-likeness (QED) is 0.356. The van der Waals surface area contributed by atoms with E-state index in [1.165, 1.54) is 27.8 Å². The van der Waals surface area contributed by atoms with Crippen LogP contribution < -0.4 is 9.47 Å². The highest BCUT2D eigenvalue weighted by atomic mass is 32.2. The van der Waals surface area contributed by atoms with Crippen molar-refractivity contribution in [3.63, 3.8) is 0 Å². The standard InChI is InChI=1S/C21H21N3O6S2/c1-29-17-6-4-15(5-7-17)21-22-16(14-31-21)13-30-20-9-8-18(12-19(20)24(25)26)32(27,28)23-10-2-3-11-23/h4-9,12,14H,2-3,10-11,13H2,1H3. The van der Waals surface area contributed by atoms with Gasteiger partial charge in [-0.05, 0) is 49.2 Å². The molecule has 1 aliphatic heterocycles. The molecular formula is C21H21N3O6S2. The van der Waals surface area contributed by atoms with E-state index in [-0.39, 0.29) is 17.3 Å². The van der Waals surface area contributed by atoms with Crippen molar-refractivity contribution in [2.45, 2.75) is 24.3 Å². The summed E-state index contributed by atoms with van der Waals surface area (Å²) in [5.74, 6) is 0.741. The van der Waals surface area contributed by atoms with Crippen molar-refractivity contribution in [1.29, 1.82) is 0 Å². The number of nitrogens with zero attached hydrogens (tertiary/aromatic N) is 3. The summed E-state index contributed by atoms with van der Waals surface area (Å²) >= 11 is 1.43. The zero-order valence-corrected chi connectivity index (χ0v) is 18.9. The molecule has 0 bridgehead atoms. The van der Waals surface area contributed by atoms with Gasteiger partial charge in [0.25, 0.3) is 0 Å². The third-order valence-corrected chi connectivity index (χ3v) is 7.93. The fraction of sp³-hybridized carbons (Fsp3) is 0.286. The van der Waals surface area contributed by atoms with Crippen LogP contribution in [0.25, 0.3) is 10.6 Å². The summed E-state index contributed by atoms with van der Waals surface area (Å²) in [4.78, 5) is 15.3. The Balaban J connectivity index is 1.51. The Labute approximate surface area is 189 Å². The molecule has 0 aliphatic carbocycles. The first-order chi connectivity index (χ1) is 15.4. The Morgan fingerprint density at radius 3 is 2.53 bits per heavy atom. The third kappa shape index (κ3) is 4.59. The van der Waals surface area contributed by atoms with E-state index < -0.39 is 20.6 Å². The summed E-state index contributed by atoms with van der Waals surface area (Å²) in [5, 5.41) is 14.2. The summed E-state index contributed by atoms with van der Waals surface area (Å²) in [7, 11) is -2.16. The van der Waals surface area contributed by atoms with Crippen LogP contribution in [0.1, 0.15) is 18.5 Å². The normalized spacial score (nSPS) is 14.4. The number of hydrogen-bond acceptors (Lipinski definition) is 8. The van der Waals surface area contributed by atoms with Crippen LogP contribution in [0.2, 0.25) is 0 Å². The van der Waals surface area contributed by atoms with Crippen molar-refractivity contribution < 1.29 is 22.8 Å². The van der Waals surface area contributed by atoms with Crippen molar-refractivity contribution in [3.8, 4) is 22.1 Å². The monoisotopic (exact) mass is 475 g/mol. The van der Waals surface area contributed by atoms with Crippen LogP contribution in [0.3, 0.4) is 0 Å². The number of methoxy groups -OCH3 is 1. The second kappa shape index (κ2) is 9.23.